The van der Waals surface area contributed by atoms with E-state index in [4.69, 9.17) is 0 Å². The molecule has 0 bridgehead atoms. The Bertz CT molecular complexity index is 1120. The fourth-order valence-corrected chi connectivity index (χ4v) is 5.08. The lowest BCUT2D eigenvalue weighted by molar-refractivity contribution is 0.715. The maximum atomic E-state index is 4.67. The monoisotopic (exact) mass is 399 g/mol. The molecule has 0 spiro atoms. The lowest BCUT2D eigenvalue weighted by atomic mass is 9.92. The van der Waals surface area contributed by atoms with Crippen LogP contribution in [0.1, 0.15) is 53.9 Å². The Morgan fingerprint density at radius 2 is 1.83 bits per heavy atom. The van der Waals surface area contributed by atoms with Crippen molar-refractivity contribution >= 4 is 17.0 Å². The van der Waals surface area contributed by atoms with Crippen LogP contribution in [0.25, 0.3) is 11.1 Å². The molecule has 5 rings (SSSR count). The summed E-state index contributed by atoms with van der Waals surface area (Å²) in [5.74, 6) is 0.391. The predicted molar refractivity (Wildman–Crippen MR) is 122 cm³/mol. The fraction of sp³-hybridized carbons (Fsp3) is 0.240. The molecule has 0 aliphatic carbocycles. The minimum absolute atomic E-state index is 0.189. The maximum absolute atomic E-state index is 4.67. The zero-order chi connectivity index (χ0) is 20.0. The van der Waals surface area contributed by atoms with Crippen LogP contribution >= 0.6 is 11.3 Å². The third-order valence-electron chi connectivity index (χ3n) is 5.91. The molecule has 2 aromatic heterocycles. The molecule has 1 aliphatic rings. The van der Waals surface area contributed by atoms with Crippen molar-refractivity contribution in [2.45, 2.75) is 39.3 Å². The number of aromatic nitrogens is 2. The average Bonchev–Trinajstić information content (AvgIpc) is 3.45. The first-order valence-corrected chi connectivity index (χ1v) is 11.1. The van der Waals surface area contributed by atoms with E-state index in [-0.39, 0.29) is 6.04 Å². The van der Waals surface area contributed by atoms with E-state index >= 15 is 0 Å². The van der Waals surface area contributed by atoms with Crippen LogP contribution in [0.15, 0.2) is 65.4 Å². The van der Waals surface area contributed by atoms with Crippen LogP contribution in [0.3, 0.4) is 0 Å². The number of H-pyrrole nitrogens is 1. The van der Waals surface area contributed by atoms with E-state index in [0.29, 0.717) is 5.92 Å². The number of rotatable bonds is 4. The van der Waals surface area contributed by atoms with Crippen molar-refractivity contribution in [2.24, 2.45) is 0 Å². The summed E-state index contributed by atoms with van der Waals surface area (Å²) in [7, 11) is 0. The quantitative estimate of drug-likeness (QED) is 0.415. The van der Waals surface area contributed by atoms with Crippen molar-refractivity contribution in [3.63, 3.8) is 0 Å². The molecule has 29 heavy (non-hydrogen) atoms. The molecule has 2 aromatic carbocycles. The number of thiophene rings is 1. The first-order valence-electron chi connectivity index (χ1n) is 10.2. The number of benzene rings is 2. The van der Waals surface area contributed by atoms with Gasteiger partial charge in [0.25, 0.3) is 0 Å². The summed E-state index contributed by atoms with van der Waals surface area (Å²) in [5.41, 5.74) is 10.3. The number of nitrogens with zero attached hydrogens (tertiary/aromatic N) is 2. The van der Waals surface area contributed by atoms with E-state index in [0.717, 1.165) is 6.54 Å². The van der Waals surface area contributed by atoms with Crippen LogP contribution in [0.4, 0.5) is 5.69 Å². The smallest absolute Gasteiger partial charge is 0.0839 e. The molecule has 1 unspecified atom stereocenters. The number of aryl methyl sites for hydroxylation is 1. The van der Waals surface area contributed by atoms with E-state index in [1.807, 2.05) is 0 Å². The largest absolute Gasteiger partial charge is 0.354 e. The number of nitrogens with one attached hydrogen (secondary N) is 1. The van der Waals surface area contributed by atoms with Gasteiger partial charge in [0.05, 0.1) is 24.0 Å². The van der Waals surface area contributed by atoms with Crippen molar-refractivity contribution in [1.82, 2.24) is 10.2 Å². The van der Waals surface area contributed by atoms with E-state index < -0.39 is 0 Å². The standard InChI is InChI=1S/C25H25N3S/c1-16(2)24-23-22(26-27-24)14-28(25(23)21-7-5-4-6-17(21)3)20-10-8-18(9-11-20)19-12-13-29-15-19/h4-13,15-16,25H,14H2,1-3H3,(H,26,27). The van der Waals surface area contributed by atoms with Gasteiger partial charge in [-0.25, -0.2) is 0 Å². The van der Waals surface area contributed by atoms with Gasteiger partial charge in [0.15, 0.2) is 0 Å². The normalized spacial score (nSPS) is 15.9. The minimum atomic E-state index is 0.189. The molecule has 3 nitrogen and oxygen atoms in total. The lowest BCUT2D eigenvalue weighted by Crippen LogP contribution is -2.24. The molecule has 0 fully saturated rings. The number of aromatic amines is 1. The SMILES string of the molecule is Cc1ccccc1C1c2c(C(C)C)n[nH]c2CN1c1ccc(-c2ccsc2)cc1. The van der Waals surface area contributed by atoms with E-state index in [2.05, 4.69) is 101 Å². The molecule has 0 saturated carbocycles. The second-order valence-corrected chi connectivity index (χ2v) is 8.88. The van der Waals surface area contributed by atoms with E-state index in [1.165, 1.54) is 44.9 Å². The first-order chi connectivity index (χ1) is 14.1. The van der Waals surface area contributed by atoms with Crippen molar-refractivity contribution in [3.8, 4) is 11.1 Å². The Morgan fingerprint density at radius 3 is 2.52 bits per heavy atom. The van der Waals surface area contributed by atoms with Gasteiger partial charge in [0.2, 0.25) is 0 Å². The molecular formula is C25H25N3S. The predicted octanol–water partition coefficient (Wildman–Crippen LogP) is 6.68. The van der Waals surface area contributed by atoms with Gasteiger partial charge in [-0.3, -0.25) is 5.10 Å². The van der Waals surface area contributed by atoms with Gasteiger partial charge in [-0.05, 0) is 64.1 Å². The Balaban J connectivity index is 1.60. The molecule has 146 valence electrons. The molecule has 4 heteroatoms. The summed E-state index contributed by atoms with van der Waals surface area (Å²) in [4.78, 5) is 2.51. The van der Waals surface area contributed by atoms with Crippen molar-refractivity contribution in [2.75, 3.05) is 4.90 Å². The second kappa shape index (κ2) is 7.20. The maximum Gasteiger partial charge on any atom is 0.0839 e. The van der Waals surface area contributed by atoms with Crippen molar-refractivity contribution in [3.05, 3.63) is 93.4 Å². The summed E-state index contributed by atoms with van der Waals surface area (Å²) < 4.78 is 0. The van der Waals surface area contributed by atoms with Gasteiger partial charge >= 0.3 is 0 Å². The average molecular weight is 400 g/mol. The molecular weight excluding hydrogens is 374 g/mol. The van der Waals surface area contributed by atoms with E-state index in [1.54, 1.807) is 11.3 Å². The zero-order valence-electron chi connectivity index (χ0n) is 17.0. The third kappa shape index (κ3) is 3.08. The van der Waals surface area contributed by atoms with E-state index in [9.17, 15) is 0 Å². The number of hydrogen-bond acceptors (Lipinski definition) is 3. The molecule has 1 aliphatic heterocycles. The Kier molecular flexibility index (Phi) is 4.51. The lowest BCUT2D eigenvalue weighted by Gasteiger charge is -2.29. The van der Waals surface area contributed by atoms with Crippen LogP contribution in [0, 0.1) is 6.92 Å². The molecule has 3 heterocycles. The van der Waals surface area contributed by atoms with Gasteiger partial charge in [0.1, 0.15) is 0 Å². The van der Waals surface area contributed by atoms with Crippen LogP contribution in [0.5, 0.6) is 0 Å². The minimum Gasteiger partial charge on any atom is -0.354 e. The topological polar surface area (TPSA) is 31.9 Å². The van der Waals surface area contributed by atoms with Crippen LogP contribution < -0.4 is 4.90 Å². The highest BCUT2D eigenvalue weighted by atomic mass is 32.1. The molecule has 4 aromatic rings. The molecule has 0 saturated heterocycles. The van der Waals surface area contributed by atoms with Gasteiger partial charge < -0.3 is 4.90 Å². The summed E-state index contributed by atoms with van der Waals surface area (Å²) in [6.07, 6.45) is 0. The van der Waals surface area contributed by atoms with Gasteiger partial charge in [-0.15, -0.1) is 0 Å². The van der Waals surface area contributed by atoms with Crippen LogP contribution in [-0.4, -0.2) is 10.2 Å². The Hall–Kier alpha value is -2.85. The summed E-state index contributed by atoms with van der Waals surface area (Å²) >= 11 is 1.74. The molecule has 1 N–H and O–H groups in total. The van der Waals surface area contributed by atoms with Gasteiger partial charge in [-0.2, -0.15) is 16.4 Å². The van der Waals surface area contributed by atoms with Gasteiger partial charge in [-0.1, -0.05) is 50.2 Å². The summed E-state index contributed by atoms with van der Waals surface area (Å²) in [6, 6.07) is 20.1. The summed E-state index contributed by atoms with van der Waals surface area (Å²) in [5, 5.41) is 12.3. The fourth-order valence-electron chi connectivity index (χ4n) is 4.42. The first kappa shape index (κ1) is 18.2. The van der Waals surface area contributed by atoms with Crippen LogP contribution in [-0.2, 0) is 6.54 Å². The Labute approximate surface area is 176 Å². The van der Waals surface area contributed by atoms with Crippen LogP contribution in [0.2, 0.25) is 0 Å². The van der Waals surface area contributed by atoms with Crippen molar-refractivity contribution < 1.29 is 0 Å². The number of anilines is 1. The number of hydrogen-bond donors (Lipinski definition) is 1. The second-order valence-electron chi connectivity index (χ2n) is 8.10. The highest BCUT2D eigenvalue weighted by Crippen LogP contribution is 2.45. The van der Waals surface area contributed by atoms with Crippen molar-refractivity contribution in [1.29, 1.82) is 0 Å². The highest BCUT2D eigenvalue weighted by Gasteiger charge is 2.37. The zero-order valence-corrected chi connectivity index (χ0v) is 17.8. The molecule has 0 radical (unpaired) electrons. The summed E-state index contributed by atoms with van der Waals surface area (Å²) in [6.45, 7) is 7.51. The highest BCUT2D eigenvalue weighted by molar-refractivity contribution is 7.08. The molecule has 0 amide bonds. The molecule has 1 atom stereocenters. The third-order valence-corrected chi connectivity index (χ3v) is 6.59. The Morgan fingerprint density at radius 1 is 1.03 bits per heavy atom. The van der Waals surface area contributed by atoms with Gasteiger partial charge in [0, 0.05) is 11.3 Å². The number of fused-ring (bicyclic) bond motifs is 1.